The Labute approximate surface area is 132 Å². The standard InChI is InChI=1S/C17H34O3S/c1-2-3-4-5-6-7-8-9-10-13-16-21(18,19)20-17-14-11-12-15-17/h17H,2-16H2,1H3. The van der Waals surface area contributed by atoms with Gasteiger partial charge in [0.25, 0.3) is 10.1 Å². The molecule has 21 heavy (non-hydrogen) atoms. The van der Waals surface area contributed by atoms with Crippen molar-refractivity contribution in [1.29, 1.82) is 0 Å². The molecule has 0 unspecified atom stereocenters. The van der Waals surface area contributed by atoms with Crippen LogP contribution in [0, 0.1) is 0 Å². The van der Waals surface area contributed by atoms with Crippen molar-refractivity contribution in [3.63, 3.8) is 0 Å². The first-order valence-corrected chi connectivity index (χ1v) is 10.6. The van der Waals surface area contributed by atoms with E-state index < -0.39 is 10.1 Å². The first-order valence-electron chi connectivity index (χ1n) is 9.05. The number of unbranched alkanes of at least 4 members (excludes halogenated alkanes) is 9. The van der Waals surface area contributed by atoms with Crippen LogP contribution in [0.25, 0.3) is 0 Å². The minimum absolute atomic E-state index is 0.0295. The molecule has 0 atom stereocenters. The van der Waals surface area contributed by atoms with E-state index in [4.69, 9.17) is 4.18 Å². The van der Waals surface area contributed by atoms with E-state index in [0.717, 1.165) is 44.9 Å². The lowest BCUT2D eigenvalue weighted by atomic mass is 10.1. The summed E-state index contributed by atoms with van der Waals surface area (Å²) in [5.41, 5.74) is 0. The quantitative estimate of drug-likeness (QED) is 0.346. The van der Waals surface area contributed by atoms with Crippen LogP contribution in [0.15, 0.2) is 0 Å². The highest BCUT2D eigenvalue weighted by Crippen LogP contribution is 2.23. The van der Waals surface area contributed by atoms with E-state index >= 15 is 0 Å². The van der Waals surface area contributed by atoms with Crippen molar-refractivity contribution in [2.24, 2.45) is 0 Å². The maximum absolute atomic E-state index is 11.8. The maximum Gasteiger partial charge on any atom is 0.267 e. The van der Waals surface area contributed by atoms with Crippen LogP contribution in [0.1, 0.15) is 96.8 Å². The van der Waals surface area contributed by atoms with Gasteiger partial charge in [0.15, 0.2) is 0 Å². The van der Waals surface area contributed by atoms with E-state index in [1.165, 1.54) is 44.9 Å². The molecule has 1 fully saturated rings. The molecular weight excluding hydrogens is 284 g/mol. The Kier molecular flexibility index (Phi) is 10.4. The molecule has 1 saturated carbocycles. The lowest BCUT2D eigenvalue weighted by molar-refractivity contribution is 0.217. The van der Waals surface area contributed by atoms with Crippen LogP contribution in [0.3, 0.4) is 0 Å². The summed E-state index contributed by atoms with van der Waals surface area (Å²) >= 11 is 0. The van der Waals surface area contributed by atoms with E-state index in [9.17, 15) is 8.42 Å². The van der Waals surface area contributed by atoms with Gasteiger partial charge in [0, 0.05) is 0 Å². The molecule has 0 aromatic heterocycles. The molecule has 0 spiro atoms. The molecule has 0 saturated heterocycles. The molecule has 1 aliphatic carbocycles. The Bertz CT molecular complexity index is 332. The van der Waals surface area contributed by atoms with Crippen LogP contribution in [0.4, 0.5) is 0 Å². The smallest absolute Gasteiger partial charge is 0.267 e. The Morgan fingerprint density at radius 2 is 1.29 bits per heavy atom. The first-order chi connectivity index (χ1) is 10.1. The van der Waals surface area contributed by atoms with Crippen molar-refractivity contribution >= 4 is 10.1 Å². The van der Waals surface area contributed by atoms with Crippen LogP contribution < -0.4 is 0 Å². The van der Waals surface area contributed by atoms with Crippen molar-refractivity contribution < 1.29 is 12.6 Å². The summed E-state index contributed by atoms with van der Waals surface area (Å²) in [4.78, 5) is 0. The number of rotatable bonds is 13. The van der Waals surface area contributed by atoms with Crippen LogP contribution in [-0.4, -0.2) is 20.3 Å². The van der Waals surface area contributed by atoms with Gasteiger partial charge < -0.3 is 0 Å². The van der Waals surface area contributed by atoms with Crippen molar-refractivity contribution in [3.8, 4) is 0 Å². The van der Waals surface area contributed by atoms with Crippen molar-refractivity contribution in [2.45, 2.75) is 103 Å². The molecule has 126 valence electrons. The summed E-state index contributed by atoms with van der Waals surface area (Å²) in [6, 6.07) is 0. The monoisotopic (exact) mass is 318 g/mol. The Morgan fingerprint density at radius 1 is 0.810 bits per heavy atom. The van der Waals surface area contributed by atoms with Crippen LogP contribution >= 0.6 is 0 Å². The molecule has 4 heteroatoms. The van der Waals surface area contributed by atoms with E-state index in [1.807, 2.05) is 0 Å². The van der Waals surface area contributed by atoms with E-state index in [2.05, 4.69) is 6.92 Å². The van der Waals surface area contributed by atoms with Gasteiger partial charge in [0.1, 0.15) is 0 Å². The molecule has 1 rings (SSSR count). The molecular formula is C17H34O3S. The van der Waals surface area contributed by atoms with Gasteiger partial charge in [-0.1, -0.05) is 77.6 Å². The van der Waals surface area contributed by atoms with Gasteiger partial charge in [0.05, 0.1) is 11.9 Å². The van der Waals surface area contributed by atoms with Crippen molar-refractivity contribution in [2.75, 3.05) is 5.75 Å². The second-order valence-electron chi connectivity index (χ2n) is 6.45. The normalized spacial score (nSPS) is 16.6. The molecule has 0 bridgehead atoms. The molecule has 0 radical (unpaired) electrons. The third-order valence-electron chi connectivity index (χ3n) is 4.33. The predicted molar refractivity (Wildman–Crippen MR) is 89.0 cm³/mol. The Hall–Kier alpha value is -0.0900. The Morgan fingerprint density at radius 3 is 1.81 bits per heavy atom. The summed E-state index contributed by atoms with van der Waals surface area (Å²) in [5.74, 6) is 0.208. The lowest BCUT2D eigenvalue weighted by Gasteiger charge is -2.11. The highest BCUT2D eigenvalue weighted by molar-refractivity contribution is 7.86. The summed E-state index contributed by atoms with van der Waals surface area (Å²) in [5, 5.41) is 0. The SMILES string of the molecule is CCCCCCCCCCCCS(=O)(=O)OC1CCCC1. The van der Waals surface area contributed by atoms with Gasteiger partial charge in [-0.2, -0.15) is 8.42 Å². The van der Waals surface area contributed by atoms with Gasteiger partial charge in [-0.05, 0) is 19.3 Å². The number of hydrogen-bond acceptors (Lipinski definition) is 3. The molecule has 0 heterocycles. The highest BCUT2D eigenvalue weighted by Gasteiger charge is 2.22. The second kappa shape index (κ2) is 11.5. The third kappa shape index (κ3) is 10.3. The van der Waals surface area contributed by atoms with E-state index in [-0.39, 0.29) is 11.9 Å². The highest BCUT2D eigenvalue weighted by atomic mass is 32.2. The van der Waals surface area contributed by atoms with Crippen LogP contribution in [0.2, 0.25) is 0 Å². The second-order valence-corrected chi connectivity index (χ2v) is 8.16. The van der Waals surface area contributed by atoms with E-state index in [0.29, 0.717) is 0 Å². The number of hydrogen-bond donors (Lipinski definition) is 0. The fourth-order valence-electron chi connectivity index (χ4n) is 3.01. The minimum Gasteiger partial charge on any atom is -0.267 e. The van der Waals surface area contributed by atoms with Crippen LogP contribution in [0.5, 0.6) is 0 Å². The molecule has 0 N–H and O–H groups in total. The molecule has 0 aromatic carbocycles. The average Bonchev–Trinajstić information content (AvgIpc) is 2.93. The topological polar surface area (TPSA) is 43.4 Å². The van der Waals surface area contributed by atoms with Gasteiger partial charge in [-0.25, -0.2) is 0 Å². The summed E-state index contributed by atoms with van der Waals surface area (Å²) in [7, 11) is -3.27. The molecule has 1 aliphatic rings. The van der Waals surface area contributed by atoms with Gasteiger partial charge in [-0.15, -0.1) is 0 Å². The summed E-state index contributed by atoms with van der Waals surface area (Å²) in [6.07, 6.45) is 16.2. The zero-order valence-electron chi connectivity index (χ0n) is 13.8. The van der Waals surface area contributed by atoms with Gasteiger partial charge in [0.2, 0.25) is 0 Å². The van der Waals surface area contributed by atoms with Crippen molar-refractivity contribution in [3.05, 3.63) is 0 Å². The molecule has 0 aromatic rings. The molecule has 3 nitrogen and oxygen atoms in total. The minimum atomic E-state index is -3.27. The first kappa shape index (κ1) is 19.0. The maximum atomic E-state index is 11.8. The average molecular weight is 319 g/mol. The van der Waals surface area contributed by atoms with Gasteiger partial charge >= 0.3 is 0 Å². The third-order valence-corrected chi connectivity index (χ3v) is 5.69. The fraction of sp³-hybridized carbons (Fsp3) is 1.00. The van der Waals surface area contributed by atoms with Crippen molar-refractivity contribution in [1.82, 2.24) is 0 Å². The van der Waals surface area contributed by atoms with Gasteiger partial charge in [-0.3, -0.25) is 4.18 Å². The summed E-state index contributed by atoms with van der Waals surface area (Å²) < 4.78 is 28.9. The van der Waals surface area contributed by atoms with E-state index in [1.54, 1.807) is 0 Å². The lowest BCUT2D eigenvalue weighted by Crippen LogP contribution is -2.18. The molecule has 0 amide bonds. The fourth-order valence-corrected chi connectivity index (χ4v) is 4.27. The summed E-state index contributed by atoms with van der Waals surface area (Å²) in [6.45, 7) is 2.24. The zero-order valence-corrected chi connectivity index (χ0v) is 14.6. The molecule has 0 aliphatic heterocycles. The van der Waals surface area contributed by atoms with Crippen LogP contribution in [-0.2, 0) is 14.3 Å². The Balaban J connectivity index is 1.91. The predicted octanol–water partition coefficient (Wildman–Crippen LogP) is 5.20. The zero-order chi connectivity index (χ0) is 15.4. The largest absolute Gasteiger partial charge is 0.267 e.